The molecule has 7 heteroatoms. The summed E-state index contributed by atoms with van der Waals surface area (Å²) >= 11 is 0. The summed E-state index contributed by atoms with van der Waals surface area (Å²) in [4.78, 5) is 16.7. The SMILES string of the molecule is Cn1cc(C=CC(=O)NC(c2ccc(F)cc2)c2nccn2C)cn1. The van der Waals surface area contributed by atoms with E-state index in [1.807, 2.05) is 18.7 Å². The molecule has 0 radical (unpaired) electrons. The topological polar surface area (TPSA) is 64.7 Å². The molecule has 1 N–H and O–H groups in total. The first kappa shape index (κ1) is 16.6. The summed E-state index contributed by atoms with van der Waals surface area (Å²) in [6, 6.07) is 5.53. The van der Waals surface area contributed by atoms with Crippen LogP contribution in [0, 0.1) is 5.82 Å². The normalized spacial score (nSPS) is 12.4. The number of imidazole rings is 1. The van der Waals surface area contributed by atoms with Crippen molar-refractivity contribution in [2.45, 2.75) is 6.04 Å². The molecule has 0 spiro atoms. The third-order valence-corrected chi connectivity index (χ3v) is 3.76. The fourth-order valence-corrected chi connectivity index (χ4v) is 2.50. The molecule has 0 saturated heterocycles. The van der Waals surface area contributed by atoms with Crippen molar-refractivity contribution >= 4 is 12.0 Å². The summed E-state index contributed by atoms with van der Waals surface area (Å²) in [6.45, 7) is 0. The Balaban J connectivity index is 1.82. The lowest BCUT2D eigenvalue weighted by molar-refractivity contribution is -0.117. The predicted octanol–water partition coefficient (Wildman–Crippen LogP) is 2.21. The second-order valence-corrected chi connectivity index (χ2v) is 5.67. The highest BCUT2D eigenvalue weighted by Crippen LogP contribution is 2.20. The van der Waals surface area contributed by atoms with Gasteiger partial charge in [0.25, 0.3) is 0 Å². The van der Waals surface area contributed by atoms with Gasteiger partial charge in [-0.15, -0.1) is 0 Å². The molecule has 1 unspecified atom stereocenters. The minimum Gasteiger partial charge on any atom is -0.339 e. The maximum atomic E-state index is 13.2. The van der Waals surface area contributed by atoms with Crippen LogP contribution in [0.2, 0.25) is 0 Å². The Labute approximate surface area is 144 Å². The van der Waals surface area contributed by atoms with E-state index < -0.39 is 6.04 Å². The van der Waals surface area contributed by atoms with Crippen molar-refractivity contribution < 1.29 is 9.18 Å². The molecule has 3 rings (SSSR count). The van der Waals surface area contributed by atoms with Crippen LogP contribution in [0.25, 0.3) is 6.08 Å². The van der Waals surface area contributed by atoms with Crippen molar-refractivity contribution in [3.63, 3.8) is 0 Å². The van der Waals surface area contributed by atoms with Crippen molar-refractivity contribution in [3.05, 3.63) is 77.9 Å². The smallest absolute Gasteiger partial charge is 0.244 e. The van der Waals surface area contributed by atoms with Gasteiger partial charge < -0.3 is 9.88 Å². The number of nitrogens with zero attached hydrogens (tertiary/aromatic N) is 4. The van der Waals surface area contributed by atoms with Gasteiger partial charge in [0.1, 0.15) is 17.7 Å². The van der Waals surface area contributed by atoms with E-state index in [1.165, 1.54) is 18.2 Å². The zero-order valence-corrected chi connectivity index (χ0v) is 13.9. The molecule has 3 aromatic rings. The Kier molecular flexibility index (Phi) is 4.74. The summed E-state index contributed by atoms with van der Waals surface area (Å²) in [7, 11) is 3.65. The summed E-state index contributed by atoms with van der Waals surface area (Å²) < 4.78 is 16.7. The summed E-state index contributed by atoms with van der Waals surface area (Å²) in [5, 5.41) is 6.96. The number of carbonyl (C=O) groups is 1. The first-order valence-electron chi connectivity index (χ1n) is 7.73. The van der Waals surface area contributed by atoms with Crippen LogP contribution in [0.3, 0.4) is 0 Å². The Morgan fingerprint density at radius 1 is 1.28 bits per heavy atom. The summed E-state index contributed by atoms with van der Waals surface area (Å²) in [5.74, 6) is 0.0565. The number of carbonyl (C=O) groups excluding carboxylic acids is 1. The number of halogens is 1. The number of amides is 1. The van der Waals surface area contributed by atoms with E-state index >= 15 is 0 Å². The highest BCUT2D eigenvalue weighted by Gasteiger charge is 2.19. The van der Waals surface area contributed by atoms with E-state index in [2.05, 4.69) is 15.4 Å². The Hall–Kier alpha value is -3.22. The minimum atomic E-state index is -0.480. The van der Waals surface area contributed by atoms with Gasteiger partial charge in [-0.1, -0.05) is 12.1 Å². The van der Waals surface area contributed by atoms with Crippen LogP contribution in [-0.2, 0) is 18.9 Å². The monoisotopic (exact) mass is 339 g/mol. The number of hydrogen-bond donors (Lipinski definition) is 1. The molecule has 0 bridgehead atoms. The van der Waals surface area contributed by atoms with Gasteiger partial charge in [-0.3, -0.25) is 9.48 Å². The van der Waals surface area contributed by atoms with Crippen LogP contribution in [0.5, 0.6) is 0 Å². The van der Waals surface area contributed by atoms with Crippen LogP contribution in [0.1, 0.15) is 23.0 Å². The predicted molar refractivity (Wildman–Crippen MR) is 91.8 cm³/mol. The number of aryl methyl sites for hydroxylation is 2. The fourth-order valence-electron chi connectivity index (χ4n) is 2.50. The molecule has 0 aliphatic rings. The third-order valence-electron chi connectivity index (χ3n) is 3.76. The molecule has 1 aromatic carbocycles. The molecule has 128 valence electrons. The second kappa shape index (κ2) is 7.12. The molecule has 1 atom stereocenters. The lowest BCUT2D eigenvalue weighted by Gasteiger charge is -2.18. The highest BCUT2D eigenvalue weighted by atomic mass is 19.1. The van der Waals surface area contributed by atoms with Gasteiger partial charge in [0, 0.05) is 44.3 Å². The molecule has 6 nitrogen and oxygen atoms in total. The van der Waals surface area contributed by atoms with E-state index in [-0.39, 0.29) is 11.7 Å². The molecule has 0 aliphatic heterocycles. The van der Waals surface area contributed by atoms with Gasteiger partial charge in [-0.25, -0.2) is 9.37 Å². The van der Waals surface area contributed by atoms with Gasteiger partial charge in [0.05, 0.1) is 6.20 Å². The van der Waals surface area contributed by atoms with Crippen LogP contribution < -0.4 is 5.32 Å². The van der Waals surface area contributed by atoms with Crippen molar-refractivity contribution in [2.24, 2.45) is 14.1 Å². The third kappa shape index (κ3) is 4.00. The van der Waals surface area contributed by atoms with Gasteiger partial charge in [0.15, 0.2) is 0 Å². The van der Waals surface area contributed by atoms with Crippen LogP contribution in [0.15, 0.2) is 55.1 Å². The van der Waals surface area contributed by atoms with E-state index in [9.17, 15) is 9.18 Å². The lowest BCUT2D eigenvalue weighted by Crippen LogP contribution is -2.29. The number of rotatable bonds is 5. The summed E-state index contributed by atoms with van der Waals surface area (Å²) in [6.07, 6.45) is 10.0. The first-order valence-corrected chi connectivity index (χ1v) is 7.73. The van der Waals surface area contributed by atoms with Crippen LogP contribution in [0.4, 0.5) is 4.39 Å². The Bertz CT molecular complexity index is 894. The number of hydrogen-bond acceptors (Lipinski definition) is 3. The van der Waals surface area contributed by atoms with Crippen molar-refractivity contribution in [3.8, 4) is 0 Å². The minimum absolute atomic E-state index is 0.277. The molecule has 2 aromatic heterocycles. The van der Waals surface area contributed by atoms with Crippen LogP contribution >= 0.6 is 0 Å². The molecule has 1 amide bonds. The van der Waals surface area contributed by atoms with E-state index in [4.69, 9.17) is 0 Å². The second-order valence-electron chi connectivity index (χ2n) is 5.67. The largest absolute Gasteiger partial charge is 0.339 e. The number of nitrogens with one attached hydrogen (secondary N) is 1. The van der Waals surface area contributed by atoms with Gasteiger partial charge >= 0.3 is 0 Å². The van der Waals surface area contributed by atoms with E-state index in [0.29, 0.717) is 5.82 Å². The van der Waals surface area contributed by atoms with Gasteiger partial charge in [0.2, 0.25) is 5.91 Å². The van der Waals surface area contributed by atoms with E-state index in [1.54, 1.807) is 47.7 Å². The lowest BCUT2D eigenvalue weighted by atomic mass is 10.1. The molecule has 0 fully saturated rings. The van der Waals surface area contributed by atoms with Crippen molar-refractivity contribution in [1.29, 1.82) is 0 Å². The maximum Gasteiger partial charge on any atom is 0.244 e. The molecular weight excluding hydrogens is 321 g/mol. The molecule has 25 heavy (non-hydrogen) atoms. The Morgan fingerprint density at radius 3 is 2.64 bits per heavy atom. The zero-order chi connectivity index (χ0) is 17.8. The quantitative estimate of drug-likeness (QED) is 0.725. The van der Waals surface area contributed by atoms with Gasteiger partial charge in [-0.05, 0) is 23.8 Å². The van der Waals surface area contributed by atoms with Crippen molar-refractivity contribution in [1.82, 2.24) is 24.6 Å². The molecule has 2 heterocycles. The fraction of sp³-hybridized carbons (Fsp3) is 0.167. The summed E-state index contributed by atoms with van der Waals surface area (Å²) in [5.41, 5.74) is 1.58. The Morgan fingerprint density at radius 2 is 2.04 bits per heavy atom. The highest BCUT2D eigenvalue weighted by molar-refractivity contribution is 5.92. The average Bonchev–Trinajstić information content (AvgIpc) is 3.20. The molecular formula is C18H18FN5O. The zero-order valence-electron chi connectivity index (χ0n) is 13.9. The van der Waals surface area contributed by atoms with Gasteiger partial charge in [-0.2, -0.15) is 5.10 Å². The average molecular weight is 339 g/mol. The number of benzene rings is 1. The molecule has 0 aliphatic carbocycles. The van der Waals surface area contributed by atoms with E-state index in [0.717, 1.165) is 11.1 Å². The first-order chi connectivity index (χ1) is 12.0. The number of aromatic nitrogens is 4. The molecule has 0 saturated carbocycles. The standard InChI is InChI=1S/C18H18FN5O/c1-23-10-9-20-18(23)17(14-4-6-15(19)7-5-14)22-16(25)8-3-13-11-21-24(2)12-13/h3-12,17H,1-2H3,(H,22,25). The maximum absolute atomic E-state index is 13.2. The van der Waals surface area contributed by atoms with Crippen molar-refractivity contribution in [2.75, 3.05) is 0 Å². The van der Waals surface area contributed by atoms with Crippen LogP contribution in [-0.4, -0.2) is 25.2 Å².